The van der Waals surface area contributed by atoms with E-state index in [0.717, 1.165) is 44.6 Å². The van der Waals surface area contributed by atoms with E-state index in [2.05, 4.69) is 30.1 Å². The van der Waals surface area contributed by atoms with E-state index in [1.807, 2.05) is 0 Å². The molecule has 9 nitrogen and oxygen atoms in total. The van der Waals surface area contributed by atoms with Crippen molar-refractivity contribution in [2.24, 2.45) is 5.92 Å². The number of hydrogen-bond donors (Lipinski definition) is 1. The molecule has 1 N–H and O–H groups in total. The van der Waals surface area contributed by atoms with Crippen molar-refractivity contribution < 1.29 is 13.9 Å². The van der Waals surface area contributed by atoms with Crippen LogP contribution in [0.15, 0.2) is 30.9 Å². The van der Waals surface area contributed by atoms with Gasteiger partial charge in [-0.3, -0.25) is 9.69 Å². The van der Waals surface area contributed by atoms with E-state index in [9.17, 15) is 9.18 Å². The maximum atomic E-state index is 14.2. The SMILES string of the molecule is COCCN(CC1CN(c2cnc(C(=O)Nc3cc(F)c4nc(C)cn4c3)cn2)C1)C1CC1. The largest absolute Gasteiger partial charge is 0.383 e. The van der Waals surface area contributed by atoms with Crippen LogP contribution in [0.1, 0.15) is 29.0 Å². The topological polar surface area (TPSA) is 87.9 Å². The highest BCUT2D eigenvalue weighted by atomic mass is 19.1. The van der Waals surface area contributed by atoms with Gasteiger partial charge in [-0.05, 0) is 19.8 Å². The van der Waals surface area contributed by atoms with Crippen LogP contribution in [0.25, 0.3) is 5.65 Å². The Balaban J connectivity index is 1.16. The van der Waals surface area contributed by atoms with Crippen molar-refractivity contribution in [3.05, 3.63) is 48.1 Å². The second-order valence-electron chi connectivity index (χ2n) is 8.89. The summed E-state index contributed by atoms with van der Waals surface area (Å²) in [5, 5.41) is 2.68. The lowest BCUT2D eigenvalue weighted by molar-refractivity contribution is 0.102. The standard InChI is InChI=1S/C23H28FN7O2/c1-15-10-31-14-17(7-19(24)22(31)27-15)28-23(32)20-8-26-21(9-25-20)30-12-16(13-30)11-29(5-6-33-2)18-3-4-18/h7-10,14,16,18H,3-6,11-13H2,1-2H3,(H,28,32). The number of imidazole rings is 1. The molecule has 2 aliphatic rings. The summed E-state index contributed by atoms with van der Waals surface area (Å²) in [5.41, 5.74) is 1.42. The van der Waals surface area contributed by atoms with E-state index in [4.69, 9.17) is 4.74 Å². The lowest BCUT2D eigenvalue weighted by Crippen LogP contribution is -2.52. The third-order valence-corrected chi connectivity index (χ3v) is 6.18. The van der Waals surface area contributed by atoms with Crippen LogP contribution < -0.4 is 10.2 Å². The summed E-state index contributed by atoms with van der Waals surface area (Å²) in [6, 6.07) is 1.97. The first kappa shape index (κ1) is 21.7. The van der Waals surface area contributed by atoms with Crippen LogP contribution in [-0.4, -0.2) is 76.1 Å². The number of nitrogens with zero attached hydrogens (tertiary/aromatic N) is 6. The fourth-order valence-electron chi connectivity index (χ4n) is 4.32. The number of amides is 1. The van der Waals surface area contributed by atoms with Crippen molar-refractivity contribution in [2.45, 2.75) is 25.8 Å². The minimum Gasteiger partial charge on any atom is -0.383 e. The predicted molar refractivity (Wildman–Crippen MR) is 122 cm³/mol. The summed E-state index contributed by atoms with van der Waals surface area (Å²) in [6.45, 7) is 6.48. The lowest BCUT2D eigenvalue weighted by Gasteiger charge is -2.42. The molecule has 10 heteroatoms. The van der Waals surface area contributed by atoms with Crippen LogP contribution in [0.2, 0.25) is 0 Å². The zero-order valence-electron chi connectivity index (χ0n) is 18.9. The van der Waals surface area contributed by atoms with Crippen molar-refractivity contribution in [2.75, 3.05) is 50.1 Å². The quantitative estimate of drug-likeness (QED) is 0.532. The van der Waals surface area contributed by atoms with Crippen LogP contribution in [-0.2, 0) is 4.74 Å². The van der Waals surface area contributed by atoms with Crippen LogP contribution in [0.3, 0.4) is 0 Å². The Morgan fingerprint density at radius 3 is 2.79 bits per heavy atom. The van der Waals surface area contributed by atoms with Crippen LogP contribution in [0.5, 0.6) is 0 Å². The monoisotopic (exact) mass is 453 g/mol. The molecule has 1 aliphatic heterocycles. The summed E-state index contributed by atoms with van der Waals surface area (Å²) >= 11 is 0. The van der Waals surface area contributed by atoms with Gasteiger partial charge in [0.15, 0.2) is 11.5 Å². The van der Waals surface area contributed by atoms with Crippen LogP contribution >= 0.6 is 0 Å². The van der Waals surface area contributed by atoms with Gasteiger partial charge in [0.05, 0.1) is 30.4 Å². The van der Waals surface area contributed by atoms with Gasteiger partial charge in [0.2, 0.25) is 0 Å². The molecular formula is C23H28FN7O2. The molecule has 3 aromatic heterocycles. The molecule has 1 saturated carbocycles. The number of ether oxygens (including phenoxy) is 1. The summed E-state index contributed by atoms with van der Waals surface area (Å²) < 4.78 is 21.0. The minimum absolute atomic E-state index is 0.178. The number of pyridine rings is 1. The second kappa shape index (κ2) is 9.03. The van der Waals surface area contributed by atoms with Gasteiger partial charge >= 0.3 is 0 Å². The smallest absolute Gasteiger partial charge is 0.275 e. The molecule has 3 aromatic rings. The normalized spacial score (nSPS) is 16.4. The first-order chi connectivity index (χ1) is 16.0. The molecule has 2 fully saturated rings. The molecule has 4 heterocycles. The Kier molecular flexibility index (Phi) is 5.94. The number of carbonyl (C=O) groups excluding carboxylic acids is 1. The van der Waals surface area contributed by atoms with Crippen LogP contribution in [0, 0.1) is 18.7 Å². The Bertz CT molecular complexity index is 1140. The summed E-state index contributed by atoms with van der Waals surface area (Å²) in [4.78, 5) is 30.1. The molecule has 0 unspecified atom stereocenters. The van der Waals surface area contributed by atoms with E-state index < -0.39 is 11.7 Å². The van der Waals surface area contributed by atoms with Crippen molar-refractivity contribution in [1.29, 1.82) is 0 Å². The third kappa shape index (κ3) is 4.81. The van der Waals surface area contributed by atoms with Crippen molar-refractivity contribution in [3.8, 4) is 0 Å². The Morgan fingerprint density at radius 1 is 1.27 bits per heavy atom. The average Bonchev–Trinajstić information content (AvgIpc) is 3.54. The molecule has 1 saturated heterocycles. The van der Waals surface area contributed by atoms with E-state index in [-0.39, 0.29) is 11.3 Å². The summed E-state index contributed by atoms with van der Waals surface area (Å²) in [7, 11) is 1.75. The number of hydrogen-bond acceptors (Lipinski definition) is 7. The van der Waals surface area contributed by atoms with Crippen molar-refractivity contribution >= 4 is 23.1 Å². The molecular weight excluding hydrogens is 425 g/mol. The second-order valence-corrected chi connectivity index (χ2v) is 8.89. The highest BCUT2D eigenvalue weighted by Gasteiger charge is 2.35. The van der Waals surface area contributed by atoms with Crippen LogP contribution in [0.4, 0.5) is 15.9 Å². The zero-order chi connectivity index (χ0) is 22.9. The average molecular weight is 454 g/mol. The Labute approximate surface area is 191 Å². The van der Waals surface area contributed by atoms with Gasteiger partial charge in [0.1, 0.15) is 11.5 Å². The van der Waals surface area contributed by atoms with Gasteiger partial charge in [-0.1, -0.05) is 0 Å². The van der Waals surface area contributed by atoms with E-state index in [1.54, 1.807) is 37.0 Å². The molecule has 5 rings (SSSR count). The predicted octanol–water partition coefficient (Wildman–Crippen LogP) is 2.37. The fourth-order valence-corrected chi connectivity index (χ4v) is 4.32. The number of rotatable bonds is 9. The zero-order valence-corrected chi connectivity index (χ0v) is 18.9. The third-order valence-electron chi connectivity index (χ3n) is 6.18. The van der Waals surface area contributed by atoms with Crippen molar-refractivity contribution in [3.63, 3.8) is 0 Å². The van der Waals surface area contributed by atoms with Gasteiger partial charge < -0.3 is 19.4 Å². The first-order valence-electron chi connectivity index (χ1n) is 11.3. The molecule has 174 valence electrons. The number of fused-ring (bicyclic) bond motifs is 1. The molecule has 1 aliphatic carbocycles. The number of aromatic nitrogens is 4. The van der Waals surface area contributed by atoms with Gasteiger partial charge in [0.25, 0.3) is 5.91 Å². The Morgan fingerprint density at radius 2 is 2.09 bits per heavy atom. The number of nitrogens with one attached hydrogen (secondary N) is 1. The molecule has 1 amide bonds. The van der Waals surface area contributed by atoms with Gasteiger partial charge in [-0.2, -0.15) is 0 Å². The Hall–Kier alpha value is -3.11. The molecule has 0 aromatic carbocycles. The molecule has 0 spiro atoms. The van der Waals surface area contributed by atoms with Crippen molar-refractivity contribution in [1.82, 2.24) is 24.3 Å². The number of carbonyl (C=O) groups is 1. The maximum Gasteiger partial charge on any atom is 0.275 e. The highest BCUT2D eigenvalue weighted by molar-refractivity contribution is 6.02. The molecule has 0 radical (unpaired) electrons. The van der Waals surface area contributed by atoms with Gasteiger partial charge in [-0.15, -0.1) is 0 Å². The first-order valence-corrected chi connectivity index (χ1v) is 11.3. The summed E-state index contributed by atoms with van der Waals surface area (Å²) in [6.07, 6.45) is 8.98. The minimum atomic E-state index is -0.503. The number of methoxy groups -OCH3 is 1. The fraction of sp³-hybridized carbons (Fsp3) is 0.478. The number of aryl methyl sites for hydroxylation is 1. The summed E-state index contributed by atoms with van der Waals surface area (Å²) in [5.74, 6) is 0.421. The van der Waals surface area contributed by atoms with E-state index >= 15 is 0 Å². The van der Waals surface area contributed by atoms with Gasteiger partial charge in [0, 0.05) is 63.7 Å². The highest BCUT2D eigenvalue weighted by Crippen LogP contribution is 2.30. The molecule has 0 bridgehead atoms. The van der Waals surface area contributed by atoms with E-state index in [1.165, 1.54) is 25.1 Å². The lowest BCUT2D eigenvalue weighted by atomic mass is 9.99. The van der Waals surface area contributed by atoms with Gasteiger partial charge in [-0.25, -0.2) is 19.3 Å². The van der Waals surface area contributed by atoms with E-state index in [0.29, 0.717) is 17.3 Å². The maximum absolute atomic E-state index is 14.2. The number of halogens is 1. The number of anilines is 2. The molecule has 33 heavy (non-hydrogen) atoms. The molecule has 0 atom stereocenters.